The lowest BCUT2D eigenvalue weighted by atomic mass is 9.93. The fourth-order valence-corrected chi connectivity index (χ4v) is 1.73. The summed E-state index contributed by atoms with van der Waals surface area (Å²) in [5.74, 6) is -2.06. The molecule has 0 aliphatic heterocycles. The van der Waals surface area contributed by atoms with Crippen molar-refractivity contribution in [3.8, 4) is 5.69 Å². The SMILES string of the molecule is CC(C)(C(=O)O)C(=O)Nc1ccn(-c2cccc(C(F)(F)F)c2)n1. The Labute approximate surface area is 134 Å². The minimum atomic E-state index is -4.48. The summed E-state index contributed by atoms with van der Waals surface area (Å²) >= 11 is 0. The number of carboxylic acid groups (broad SMARTS) is 1. The second-order valence-corrected chi connectivity index (χ2v) is 5.58. The van der Waals surface area contributed by atoms with Crippen LogP contribution in [0.2, 0.25) is 0 Å². The Hall–Kier alpha value is -2.84. The second-order valence-electron chi connectivity index (χ2n) is 5.58. The van der Waals surface area contributed by atoms with Crippen molar-refractivity contribution >= 4 is 17.7 Å². The van der Waals surface area contributed by atoms with Crippen molar-refractivity contribution in [3.63, 3.8) is 0 Å². The van der Waals surface area contributed by atoms with E-state index < -0.39 is 29.0 Å². The number of hydrogen-bond acceptors (Lipinski definition) is 3. The van der Waals surface area contributed by atoms with E-state index >= 15 is 0 Å². The Kier molecular flexibility index (Phi) is 4.37. The zero-order chi connectivity index (χ0) is 18.1. The van der Waals surface area contributed by atoms with Crippen LogP contribution in [-0.2, 0) is 15.8 Å². The van der Waals surface area contributed by atoms with Crippen LogP contribution in [0.15, 0.2) is 36.5 Å². The minimum absolute atomic E-state index is 0.0340. The van der Waals surface area contributed by atoms with Crippen LogP contribution in [0.5, 0.6) is 0 Å². The Morgan fingerprint density at radius 3 is 2.46 bits per heavy atom. The molecule has 0 fully saturated rings. The molecule has 6 nitrogen and oxygen atoms in total. The van der Waals surface area contributed by atoms with Crippen LogP contribution < -0.4 is 5.32 Å². The first-order valence-electron chi connectivity index (χ1n) is 6.80. The highest BCUT2D eigenvalue weighted by Crippen LogP contribution is 2.30. The standard InChI is InChI=1S/C15H14F3N3O3/c1-14(2,13(23)24)12(22)19-11-6-7-21(20-11)10-5-3-4-9(8-10)15(16,17)18/h3-8H,1-2H3,(H,23,24)(H,19,20,22). The number of carbonyl (C=O) groups excluding carboxylic acids is 1. The van der Waals surface area contributed by atoms with Crippen molar-refractivity contribution < 1.29 is 27.9 Å². The number of nitrogens with zero attached hydrogens (tertiary/aromatic N) is 2. The van der Waals surface area contributed by atoms with Crippen molar-refractivity contribution in [2.75, 3.05) is 5.32 Å². The number of anilines is 1. The summed E-state index contributed by atoms with van der Waals surface area (Å²) in [5.41, 5.74) is -2.34. The number of nitrogens with one attached hydrogen (secondary N) is 1. The molecule has 0 saturated carbocycles. The van der Waals surface area contributed by atoms with Gasteiger partial charge < -0.3 is 10.4 Å². The topological polar surface area (TPSA) is 84.2 Å². The Morgan fingerprint density at radius 1 is 1.21 bits per heavy atom. The van der Waals surface area contributed by atoms with Crippen LogP contribution in [0.3, 0.4) is 0 Å². The number of halogens is 3. The molecule has 24 heavy (non-hydrogen) atoms. The highest BCUT2D eigenvalue weighted by Gasteiger charge is 2.36. The quantitative estimate of drug-likeness (QED) is 0.838. The fourth-order valence-electron chi connectivity index (χ4n) is 1.73. The lowest BCUT2D eigenvalue weighted by molar-refractivity contribution is -0.151. The van der Waals surface area contributed by atoms with Gasteiger partial charge in [-0.3, -0.25) is 9.59 Å². The van der Waals surface area contributed by atoms with Gasteiger partial charge >= 0.3 is 12.1 Å². The van der Waals surface area contributed by atoms with Crippen LogP contribution in [0.1, 0.15) is 19.4 Å². The van der Waals surface area contributed by atoms with Gasteiger partial charge in [0.1, 0.15) is 5.41 Å². The maximum Gasteiger partial charge on any atom is 0.416 e. The minimum Gasteiger partial charge on any atom is -0.480 e. The maximum atomic E-state index is 12.7. The third kappa shape index (κ3) is 3.55. The van der Waals surface area contributed by atoms with Crippen molar-refractivity contribution in [1.29, 1.82) is 0 Å². The third-order valence-electron chi connectivity index (χ3n) is 3.37. The highest BCUT2D eigenvalue weighted by molar-refractivity contribution is 6.07. The first-order valence-corrected chi connectivity index (χ1v) is 6.80. The molecular formula is C15H14F3N3O3. The number of alkyl halides is 3. The molecule has 0 radical (unpaired) electrons. The molecule has 2 aromatic rings. The van der Waals surface area contributed by atoms with Crippen LogP contribution in [0.4, 0.5) is 19.0 Å². The van der Waals surface area contributed by atoms with E-state index in [4.69, 9.17) is 5.11 Å². The molecule has 1 aromatic carbocycles. The summed E-state index contributed by atoms with van der Waals surface area (Å²) in [6, 6.07) is 5.88. The van der Waals surface area contributed by atoms with Gasteiger partial charge in [0.05, 0.1) is 11.3 Å². The summed E-state index contributed by atoms with van der Waals surface area (Å²) in [6.07, 6.45) is -3.12. The molecule has 1 amide bonds. The Morgan fingerprint density at radius 2 is 1.88 bits per heavy atom. The molecule has 0 atom stereocenters. The van der Waals surface area contributed by atoms with Gasteiger partial charge in [-0.2, -0.15) is 18.3 Å². The van der Waals surface area contributed by atoms with Crippen LogP contribution in [0.25, 0.3) is 5.69 Å². The molecule has 0 bridgehead atoms. The number of aliphatic carboxylic acids is 1. The predicted octanol–water partition coefficient (Wildman–Crippen LogP) is 2.94. The van der Waals surface area contributed by atoms with Gasteiger partial charge in [0, 0.05) is 12.3 Å². The summed E-state index contributed by atoms with van der Waals surface area (Å²) < 4.78 is 39.3. The van der Waals surface area contributed by atoms with Crippen LogP contribution in [0, 0.1) is 5.41 Å². The normalized spacial score (nSPS) is 12.0. The Balaban J connectivity index is 2.23. The van der Waals surface area contributed by atoms with Crippen molar-refractivity contribution in [3.05, 3.63) is 42.1 Å². The van der Waals surface area contributed by atoms with Crippen LogP contribution in [-0.4, -0.2) is 26.8 Å². The van der Waals surface area contributed by atoms with E-state index in [0.717, 1.165) is 16.8 Å². The monoisotopic (exact) mass is 341 g/mol. The molecule has 2 N–H and O–H groups in total. The van der Waals surface area contributed by atoms with Gasteiger partial charge in [-0.1, -0.05) is 6.07 Å². The molecule has 2 rings (SSSR count). The number of benzene rings is 1. The second kappa shape index (κ2) is 5.99. The largest absolute Gasteiger partial charge is 0.480 e. The smallest absolute Gasteiger partial charge is 0.416 e. The van der Waals surface area contributed by atoms with Gasteiger partial charge in [0.15, 0.2) is 5.82 Å². The summed E-state index contributed by atoms with van der Waals surface area (Å²) in [4.78, 5) is 22.9. The first-order chi connectivity index (χ1) is 11.0. The van der Waals surface area contributed by atoms with E-state index in [9.17, 15) is 22.8 Å². The average Bonchev–Trinajstić information content (AvgIpc) is 2.94. The number of carbonyl (C=O) groups is 2. The molecule has 9 heteroatoms. The van der Waals surface area contributed by atoms with E-state index in [2.05, 4.69) is 10.4 Å². The van der Waals surface area contributed by atoms with Gasteiger partial charge in [0.25, 0.3) is 0 Å². The van der Waals surface area contributed by atoms with Gasteiger partial charge in [-0.05, 0) is 32.0 Å². The first kappa shape index (κ1) is 17.5. The molecule has 0 saturated heterocycles. The lowest BCUT2D eigenvalue weighted by Crippen LogP contribution is -2.37. The van der Waals surface area contributed by atoms with E-state index in [1.54, 1.807) is 0 Å². The zero-order valence-electron chi connectivity index (χ0n) is 12.8. The van der Waals surface area contributed by atoms with Gasteiger partial charge in [-0.15, -0.1) is 0 Å². The lowest BCUT2D eigenvalue weighted by Gasteiger charge is -2.17. The average molecular weight is 341 g/mol. The molecule has 0 aliphatic carbocycles. The molecule has 1 heterocycles. The van der Waals surface area contributed by atoms with E-state index in [1.807, 2.05) is 0 Å². The molecule has 128 valence electrons. The van der Waals surface area contributed by atoms with E-state index in [0.29, 0.717) is 0 Å². The van der Waals surface area contributed by atoms with E-state index in [-0.39, 0.29) is 11.5 Å². The molecular weight excluding hydrogens is 327 g/mol. The summed E-state index contributed by atoms with van der Waals surface area (Å²) in [7, 11) is 0. The summed E-state index contributed by atoms with van der Waals surface area (Å²) in [6.45, 7) is 2.46. The number of carboxylic acids is 1. The highest BCUT2D eigenvalue weighted by atomic mass is 19.4. The number of amides is 1. The zero-order valence-corrected chi connectivity index (χ0v) is 12.8. The number of hydrogen-bond donors (Lipinski definition) is 2. The summed E-state index contributed by atoms with van der Waals surface area (Å²) in [5, 5.41) is 15.3. The van der Waals surface area contributed by atoms with Crippen LogP contribution >= 0.6 is 0 Å². The van der Waals surface area contributed by atoms with Crippen molar-refractivity contribution in [2.45, 2.75) is 20.0 Å². The Bertz CT molecular complexity index is 782. The number of aromatic nitrogens is 2. The maximum absolute atomic E-state index is 12.7. The molecule has 0 spiro atoms. The third-order valence-corrected chi connectivity index (χ3v) is 3.37. The number of rotatable bonds is 4. The fraction of sp³-hybridized carbons (Fsp3) is 0.267. The molecule has 0 aliphatic rings. The van der Waals surface area contributed by atoms with Gasteiger partial charge in [0.2, 0.25) is 5.91 Å². The molecule has 0 unspecified atom stereocenters. The molecule has 1 aromatic heterocycles. The van der Waals surface area contributed by atoms with E-state index in [1.165, 1.54) is 38.2 Å². The van der Waals surface area contributed by atoms with Crippen molar-refractivity contribution in [2.24, 2.45) is 5.41 Å². The van der Waals surface area contributed by atoms with Gasteiger partial charge in [-0.25, -0.2) is 4.68 Å². The predicted molar refractivity (Wildman–Crippen MR) is 78.6 cm³/mol. The van der Waals surface area contributed by atoms with Crippen molar-refractivity contribution in [1.82, 2.24) is 9.78 Å².